The van der Waals surface area contributed by atoms with E-state index < -0.39 is 27.6 Å². The molecule has 1 fully saturated rings. The van der Waals surface area contributed by atoms with E-state index in [-0.39, 0.29) is 24.5 Å². The minimum Gasteiger partial charge on any atom is -0.464 e. The lowest BCUT2D eigenvalue weighted by molar-refractivity contribution is -0.157. The van der Waals surface area contributed by atoms with Crippen molar-refractivity contribution in [2.24, 2.45) is 0 Å². The topological polar surface area (TPSA) is 83.9 Å². The van der Waals surface area contributed by atoms with Crippen molar-refractivity contribution in [2.45, 2.75) is 29.9 Å². The molecule has 32 heavy (non-hydrogen) atoms. The van der Waals surface area contributed by atoms with Gasteiger partial charge < -0.3 is 9.84 Å². The number of aliphatic hydroxyl groups is 1. The van der Waals surface area contributed by atoms with Gasteiger partial charge in [-0.15, -0.1) is 0 Å². The average Bonchev–Trinajstić information content (AvgIpc) is 2.79. The molecular formula is C25H25NO5S. The number of ether oxygens (including phenoxy) is 1. The van der Waals surface area contributed by atoms with Gasteiger partial charge in [-0.25, -0.2) is 8.42 Å². The molecule has 0 saturated carbocycles. The fourth-order valence-electron chi connectivity index (χ4n) is 4.15. The van der Waals surface area contributed by atoms with Gasteiger partial charge in [0.05, 0.1) is 17.4 Å². The number of benzene rings is 3. The van der Waals surface area contributed by atoms with Crippen molar-refractivity contribution in [1.82, 2.24) is 4.31 Å². The van der Waals surface area contributed by atoms with Gasteiger partial charge >= 0.3 is 5.97 Å². The summed E-state index contributed by atoms with van der Waals surface area (Å²) in [4.78, 5) is 12.6. The lowest BCUT2D eigenvalue weighted by Gasteiger charge is -2.43. The molecule has 0 spiro atoms. The molecule has 7 heteroatoms. The molecule has 166 valence electrons. The predicted octanol–water partition coefficient (Wildman–Crippen LogP) is 3.56. The van der Waals surface area contributed by atoms with Crippen molar-refractivity contribution in [2.75, 3.05) is 13.2 Å². The molecule has 3 aromatic rings. The van der Waals surface area contributed by atoms with Crippen LogP contribution in [0.25, 0.3) is 0 Å². The number of esters is 1. The van der Waals surface area contributed by atoms with Gasteiger partial charge in [0.15, 0.2) is 0 Å². The van der Waals surface area contributed by atoms with Gasteiger partial charge in [0.1, 0.15) is 12.2 Å². The van der Waals surface area contributed by atoms with E-state index >= 15 is 0 Å². The minimum absolute atomic E-state index is 0.0867. The molecule has 0 amide bonds. The Balaban J connectivity index is 1.94. The third kappa shape index (κ3) is 4.19. The number of sulfonamides is 1. The number of aryl methyl sites for hydroxylation is 1. The van der Waals surface area contributed by atoms with Gasteiger partial charge in [-0.05, 0) is 30.2 Å². The quantitative estimate of drug-likeness (QED) is 0.613. The molecule has 6 nitrogen and oxygen atoms in total. The summed E-state index contributed by atoms with van der Waals surface area (Å²) in [5, 5.41) is 12.0. The molecule has 3 aromatic carbocycles. The summed E-state index contributed by atoms with van der Waals surface area (Å²) < 4.78 is 34.2. The summed E-state index contributed by atoms with van der Waals surface area (Å²) in [5.41, 5.74) is 0.129. The molecule has 1 aliphatic rings. The first-order valence-electron chi connectivity index (χ1n) is 10.4. The van der Waals surface area contributed by atoms with Crippen LogP contribution in [-0.4, -0.2) is 37.0 Å². The monoisotopic (exact) mass is 451 g/mol. The molecule has 1 aliphatic heterocycles. The zero-order valence-electron chi connectivity index (χ0n) is 17.7. The zero-order valence-corrected chi connectivity index (χ0v) is 18.5. The molecular weight excluding hydrogens is 426 g/mol. The lowest BCUT2D eigenvalue weighted by atomic mass is 9.79. The second kappa shape index (κ2) is 8.86. The van der Waals surface area contributed by atoms with Crippen LogP contribution in [0.4, 0.5) is 0 Å². The molecule has 1 saturated heterocycles. The first-order chi connectivity index (χ1) is 15.3. The standard InChI is InChI=1S/C25H25NO5S/c1-19-12-14-22(15-13-19)32(29,30)26-16-17-31-23(27)18-25(28,21-10-6-3-7-11-21)24(26)20-8-4-2-5-9-20/h2-15,24,28H,16-18H2,1H3. The van der Waals surface area contributed by atoms with E-state index in [2.05, 4.69) is 0 Å². The molecule has 1 N–H and O–H groups in total. The zero-order chi connectivity index (χ0) is 22.8. The second-order valence-electron chi connectivity index (χ2n) is 7.93. The van der Waals surface area contributed by atoms with Crippen LogP contribution in [0.15, 0.2) is 89.8 Å². The van der Waals surface area contributed by atoms with Crippen LogP contribution in [0.2, 0.25) is 0 Å². The highest BCUT2D eigenvalue weighted by Gasteiger charge is 2.49. The lowest BCUT2D eigenvalue weighted by Crippen LogP contribution is -2.51. The summed E-state index contributed by atoms with van der Waals surface area (Å²) in [6, 6.07) is 23.2. The first kappa shape index (κ1) is 22.2. The van der Waals surface area contributed by atoms with Gasteiger partial charge in [-0.2, -0.15) is 4.31 Å². The van der Waals surface area contributed by atoms with Crippen LogP contribution in [-0.2, 0) is 25.2 Å². The summed E-state index contributed by atoms with van der Waals surface area (Å²) in [6.45, 7) is 1.70. The Morgan fingerprint density at radius 2 is 1.53 bits per heavy atom. The van der Waals surface area contributed by atoms with Crippen LogP contribution >= 0.6 is 0 Å². The SMILES string of the molecule is Cc1ccc(S(=O)(=O)N2CCOC(=O)CC(O)(c3ccccc3)C2c2ccccc2)cc1. The van der Waals surface area contributed by atoms with Gasteiger partial charge in [-0.3, -0.25) is 4.79 Å². The maximum Gasteiger partial charge on any atom is 0.309 e. The Morgan fingerprint density at radius 3 is 2.16 bits per heavy atom. The van der Waals surface area contributed by atoms with Crippen LogP contribution in [0.1, 0.15) is 29.2 Å². The van der Waals surface area contributed by atoms with Crippen LogP contribution in [0.5, 0.6) is 0 Å². The smallest absolute Gasteiger partial charge is 0.309 e. The van der Waals surface area contributed by atoms with Crippen molar-refractivity contribution in [3.05, 3.63) is 102 Å². The Bertz CT molecular complexity index is 1180. The number of carbonyl (C=O) groups excluding carboxylic acids is 1. The number of carbonyl (C=O) groups is 1. The summed E-state index contributed by atoms with van der Waals surface area (Å²) >= 11 is 0. The highest BCUT2D eigenvalue weighted by molar-refractivity contribution is 7.89. The number of hydrogen-bond acceptors (Lipinski definition) is 5. The molecule has 1 heterocycles. The van der Waals surface area contributed by atoms with Crippen molar-refractivity contribution in [3.63, 3.8) is 0 Å². The first-order valence-corrected chi connectivity index (χ1v) is 11.8. The van der Waals surface area contributed by atoms with E-state index in [4.69, 9.17) is 4.74 Å². The fourth-order valence-corrected chi connectivity index (χ4v) is 5.79. The third-order valence-electron chi connectivity index (χ3n) is 5.75. The summed E-state index contributed by atoms with van der Waals surface area (Å²) in [5.74, 6) is -0.579. The predicted molar refractivity (Wildman–Crippen MR) is 120 cm³/mol. The van der Waals surface area contributed by atoms with Gasteiger partial charge in [0, 0.05) is 6.54 Å². The molecule has 0 aliphatic carbocycles. The van der Waals surface area contributed by atoms with Crippen LogP contribution in [0.3, 0.4) is 0 Å². The maximum atomic E-state index is 13.8. The Hall–Kier alpha value is -3.00. The van der Waals surface area contributed by atoms with Crippen molar-refractivity contribution in [3.8, 4) is 0 Å². The van der Waals surface area contributed by atoms with E-state index in [1.807, 2.05) is 13.0 Å². The van der Waals surface area contributed by atoms with E-state index in [0.29, 0.717) is 11.1 Å². The normalized spacial score (nSPS) is 22.6. The minimum atomic E-state index is -4.03. The molecule has 0 radical (unpaired) electrons. The Labute approximate surface area is 188 Å². The van der Waals surface area contributed by atoms with Gasteiger partial charge in [0.25, 0.3) is 0 Å². The highest BCUT2D eigenvalue weighted by atomic mass is 32.2. The summed E-state index contributed by atoms with van der Waals surface area (Å²) in [7, 11) is -4.03. The van der Waals surface area contributed by atoms with Gasteiger partial charge in [0.2, 0.25) is 10.0 Å². The molecule has 4 rings (SSSR count). The number of hydrogen-bond donors (Lipinski definition) is 1. The number of cyclic esters (lactones) is 1. The van der Waals surface area contributed by atoms with E-state index in [1.165, 1.54) is 4.31 Å². The summed E-state index contributed by atoms with van der Waals surface area (Å²) in [6.07, 6.45) is -0.378. The Morgan fingerprint density at radius 1 is 0.938 bits per heavy atom. The molecule has 0 bridgehead atoms. The largest absolute Gasteiger partial charge is 0.464 e. The van der Waals surface area contributed by atoms with E-state index in [0.717, 1.165) is 5.56 Å². The number of rotatable bonds is 4. The Kier molecular flexibility index (Phi) is 6.15. The van der Waals surface area contributed by atoms with Gasteiger partial charge in [-0.1, -0.05) is 78.4 Å². The van der Waals surface area contributed by atoms with E-state index in [1.54, 1.807) is 78.9 Å². The molecule has 0 aromatic heterocycles. The highest BCUT2D eigenvalue weighted by Crippen LogP contribution is 2.45. The average molecular weight is 452 g/mol. The third-order valence-corrected chi connectivity index (χ3v) is 7.62. The second-order valence-corrected chi connectivity index (χ2v) is 9.82. The number of nitrogens with zero attached hydrogens (tertiary/aromatic N) is 1. The molecule has 2 atom stereocenters. The van der Waals surface area contributed by atoms with Crippen molar-refractivity contribution >= 4 is 16.0 Å². The van der Waals surface area contributed by atoms with Crippen molar-refractivity contribution in [1.29, 1.82) is 0 Å². The maximum absolute atomic E-state index is 13.8. The van der Waals surface area contributed by atoms with E-state index in [9.17, 15) is 18.3 Å². The fraction of sp³-hybridized carbons (Fsp3) is 0.240. The van der Waals surface area contributed by atoms with Crippen molar-refractivity contribution < 1.29 is 23.1 Å². The van der Waals surface area contributed by atoms with Crippen LogP contribution < -0.4 is 0 Å². The van der Waals surface area contributed by atoms with Crippen LogP contribution in [0, 0.1) is 6.92 Å². The molecule has 2 unspecified atom stereocenters.